The molecular weight excluding hydrogens is 296 g/mol. The molecule has 1 aliphatic carbocycles. The molecule has 0 aliphatic heterocycles. The Morgan fingerprint density at radius 3 is 2.35 bits per heavy atom. The maximum Gasteiger partial charge on any atom is 0.310 e. The van der Waals surface area contributed by atoms with Gasteiger partial charge in [0.25, 0.3) is 5.91 Å². The van der Waals surface area contributed by atoms with Crippen molar-refractivity contribution in [2.75, 3.05) is 19.4 Å². The number of carboxylic acid groups (broad SMARTS) is 1. The molecule has 0 saturated heterocycles. The molecule has 0 unspecified atom stereocenters. The van der Waals surface area contributed by atoms with Gasteiger partial charge in [0.15, 0.2) is 0 Å². The fraction of sp³-hybridized carbons (Fsp3) is 0.471. The first-order chi connectivity index (χ1) is 10.9. The number of rotatable bonds is 5. The zero-order valence-corrected chi connectivity index (χ0v) is 13.5. The van der Waals surface area contributed by atoms with E-state index in [4.69, 9.17) is 0 Å². The highest BCUT2D eigenvalue weighted by atomic mass is 16.4. The van der Waals surface area contributed by atoms with Crippen molar-refractivity contribution in [3.63, 3.8) is 0 Å². The average molecular weight is 318 g/mol. The van der Waals surface area contributed by atoms with E-state index >= 15 is 0 Å². The Kier molecular flexibility index (Phi) is 5.03. The van der Waals surface area contributed by atoms with Crippen molar-refractivity contribution in [1.82, 2.24) is 4.90 Å². The van der Waals surface area contributed by atoms with Crippen LogP contribution < -0.4 is 5.32 Å². The number of carbonyl (C=O) groups is 3. The first-order valence-electron chi connectivity index (χ1n) is 7.70. The summed E-state index contributed by atoms with van der Waals surface area (Å²) in [7, 11) is 3.28. The SMILES string of the molecule is CN(C)C(=O)c1ccccc1NC(=O)CC1(C(=O)O)CCCC1. The fourth-order valence-electron chi connectivity index (χ4n) is 3.04. The third-order valence-electron chi connectivity index (χ3n) is 4.35. The summed E-state index contributed by atoms with van der Waals surface area (Å²) in [5, 5.41) is 12.2. The van der Waals surface area contributed by atoms with E-state index in [1.165, 1.54) is 4.90 Å². The summed E-state index contributed by atoms with van der Waals surface area (Å²) in [6, 6.07) is 6.74. The smallest absolute Gasteiger partial charge is 0.310 e. The van der Waals surface area contributed by atoms with Gasteiger partial charge in [-0.2, -0.15) is 0 Å². The Labute approximate surface area is 135 Å². The van der Waals surface area contributed by atoms with Crippen LogP contribution in [0, 0.1) is 5.41 Å². The van der Waals surface area contributed by atoms with Crippen molar-refractivity contribution in [1.29, 1.82) is 0 Å². The van der Waals surface area contributed by atoms with Crippen molar-refractivity contribution >= 4 is 23.5 Å². The predicted octanol–water partition coefficient (Wildman–Crippen LogP) is 2.36. The molecule has 2 rings (SSSR count). The number of hydrogen-bond acceptors (Lipinski definition) is 3. The Bertz CT molecular complexity index is 619. The lowest BCUT2D eigenvalue weighted by atomic mass is 9.82. The summed E-state index contributed by atoms with van der Waals surface area (Å²) < 4.78 is 0. The molecule has 0 heterocycles. The van der Waals surface area contributed by atoms with Crippen molar-refractivity contribution in [3.05, 3.63) is 29.8 Å². The van der Waals surface area contributed by atoms with Gasteiger partial charge >= 0.3 is 5.97 Å². The zero-order chi connectivity index (χ0) is 17.0. The molecule has 1 fully saturated rings. The van der Waals surface area contributed by atoms with Gasteiger partial charge in [-0.3, -0.25) is 14.4 Å². The minimum atomic E-state index is -0.968. The van der Waals surface area contributed by atoms with E-state index in [1.54, 1.807) is 38.4 Å². The van der Waals surface area contributed by atoms with Gasteiger partial charge in [0.1, 0.15) is 0 Å². The van der Waals surface area contributed by atoms with Crippen LogP contribution in [0.15, 0.2) is 24.3 Å². The van der Waals surface area contributed by atoms with E-state index in [-0.39, 0.29) is 18.2 Å². The summed E-state index contributed by atoms with van der Waals surface area (Å²) >= 11 is 0. The molecule has 0 spiro atoms. The summed E-state index contributed by atoms with van der Waals surface area (Å²) in [5.41, 5.74) is -0.165. The van der Waals surface area contributed by atoms with E-state index in [9.17, 15) is 19.5 Å². The van der Waals surface area contributed by atoms with E-state index in [1.807, 2.05) is 0 Å². The number of para-hydroxylation sites is 1. The number of carbonyl (C=O) groups excluding carboxylic acids is 2. The van der Waals surface area contributed by atoms with Gasteiger partial charge in [0, 0.05) is 20.5 Å². The van der Waals surface area contributed by atoms with Crippen LogP contribution in [-0.2, 0) is 9.59 Å². The highest BCUT2D eigenvalue weighted by Crippen LogP contribution is 2.41. The highest BCUT2D eigenvalue weighted by molar-refractivity contribution is 6.04. The van der Waals surface area contributed by atoms with Crippen molar-refractivity contribution in [2.45, 2.75) is 32.1 Å². The third kappa shape index (κ3) is 3.70. The molecule has 6 nitrogen and oxygen atoms in total. The normalized spacial score (nSPS) is 15.9. The first kappa shape index (κ1) is 17.0. The van der Waals surface area contributed by atoms with E-state index < -0.39 is 11.4 Å². The number of nitrogens with one attached hydrogen (secondary N) is 1. The number of benzene rings is 1. The second-order valence-electron chi connectivity index (χ2n) is 6.26. The molecule has 1 aliphatic rings. The van der Waals surface area contributed by atoms with Gasteiger partial charge in [-0.1, -0.05) is 25.0 Å². The summed E-state index contributed by atoms with van der Waals surface area (Å²) in [6.07, 6.45) is 2.64. The second-order valence-corrected chi connectivity index (χ2v) is 6.26. The fourth-order valence-corrected chi connectivity index (χ4v) is 3.04. The molecule has 6 heteroatoms. The molecule has 1 aromatic rings. The summed E-state index contributed by atoms with van der Waals surface area (Å²) in [6.45, 7) is 0. The molecule has 0 radical (unpaired) electrons. The lowest BCUT2D eigenvalue weighted by molar-refractivity contribution is -0.150. The van der Waals surface area contributed by atoms with Crippen LogP contribution in [0.2, 0.25) is 0 Å². The van der Waals surface area contributed by atoms with E-state index in [2.05, 4.69) is 5.32 Å². The number of anilines is 1. The predicted molar refractivity (Wildman–Crippen MR) is 86.2 cm³/mol. The van der Waals surface area contributed by atoms with E-state index in [0.717, 1.165) is 12.8 Å². The Balaban J connectivity index is 2.15. The van der Waals surface area contributed by atoms with Gasteiger partial charge in [-0.15, -0.1) is 0 Å². The van der Waals surface area contributed by atoms with Crippen LogP contribution in [-0.4, -0.2) is 41.9 Å². The zero-order valence-electron chi connectivity index (χ0n) is 13.5. The Hall–Kier alpha value is -2.37. The third-order valence-corrected chi connectivity index (χ3v) is 4.35. The highest BCUT2D eigenvalue weighted by Gasteiger charge is 2.43. The minimum Gasteiger partial charge on any atom is -0.481 e. The van der Waals surface area contributed by atoms with E-state index in [0.29, 0.717) is 24.1 Å². The standard InChI is InChI=1S/C17H22N2O4/c1-19(2)15(21)12-7-3-4-8-13(12)18-14(20)11-17(16(22)23)9-5-6-10-17/h3-4,7-8H,5-6,9-11H2,1-2H3,(H,18,20)(H,22,23). The lowest BCUT2D eigenvalue weighted by Crippen LogP contribution is -2.33. The Morgan fingerprint density at radius 2 is 1.78 bits per heavy atom. The quantitative estimate of drug-likeness (QED) is 0.872. The number of nitrogens with zero attached hydrogens (tertiary/aromatic N) is 1. The van der Waals surface area contributed by atoms with Crippen LogP contribution in [0.25, 0.3) is 0 Å². The van der Waals surface area contributed by atoms with Crippen LogP contribution in [0.3, 0.4) is 0 Å². The molecule has 1 aromatic carbocycles. The van der Waals surface area contributed by atoms with Crippen molar-refractivity contribution < 1.29 is 19.5 Å². The van der Waals surface area contributed by atoms with Gasteiger partial charge in [-0.05, 0) is 25.0 Å². The summed E-state index contributed by atoms with van der Waals surface area (Å²) in [5.74, 6) is -1.49. The number of aliphatic carboxylic acids is 1. The minimum absolute atomic E-state index is 0.0627. The molecule has 23 heavy (non-hydrogen) atoms. The van der Waals surface area contributed by atoms with Crippen LogP contribution in [0.1, 0.15) is 42.5 Å². The van der Waals surface area contributed by atoms with Crippen LogP contribution >= 0.6 is 0 Å². The van der Waals surface area contributed by atoms with Crippen LogP contribution in [0.5, 0.6) is 0 Å². The lowest BCUT2D eigenvalue weighted by Gasteiger charge is -2.23. The number of carboxylic acids is 1. The monoisotopic (exact) mass is 318 g/mol. The van der Waals surface area contributed by atoms with Gasteiger partial charge in [0.05, 0.1) is 16.7 Å². The Morgan fingerprint density at radius 1 is 1.17 bits per heavy atom. The molecule has 2 N–H and O–H groups in total. The molecule has 1 saturated carbocycles. The first-order valence-corrected chi connectivity index (χ1v) is 7.70. The molecule has 0 bridgehead atoms. The molecular formula is C17H22N2O4. The average Bonchev–Trinajstić information content (AvgIpc) is 2.96. The van der Waals surface area contributed by atoms with Gasteiger partial charge in [0.2, 0.25) is 5.91 Å². The van der Waals surface area contributed by atoms with Gasteiger partial charge < -0.3 is 15.3 Å². The van der Waals surface area contributed by atoms with Crippen molar-refractivity contribution in [3.8, 4) is 0 Å². The molecule has 2 amide bonds. The number of hydrogen-bond donors (Lipinski definition) is 2. The topological polar surface area (TPSA) is 86.7 Å². The maximum absolute atomic E-state index is 12.3. The molecule has 0 aromatic heterocycles. The number of amides is 2. The maximum atomic E-state index is 12.3. The van der Waals surface area contributed by atoms with Crippen LogP contribution in [0.4, 0.5) is 5.69 Å². The van der Waals surface area contributed by atoms with Crippen molar-refractivity contribution in [2.24, 2.45) is 5.41 Å². The second kappa shape index (κ2) is 6.81. The molecule has 0 atom stereocenters. The largest absolute Gasteiger partial charge is 0.481 e. The summed E-state index contributed by atoms with van der Waals surface area (Å²) in [4.78, 5) is 37.4. The molecule has 124 valence electrons. The van der Waals surface area contributed by atoms with Gasteiger partial charge in [-0.25, -0.2) is 0 Å².